The first-order chi connectivity index (χ1) is 12.6. The molecule has 0 fully saturated rings. The summed E-state index contributed by atoms with van der Waals surface area (Å²) in [5.41, 5.74) is 1.86. The summed E-state index contributed by atoms with van der Waals surface area (Å²) in [5, 5.41) is 8.53. The zero-order chi connectivity index (χ0) is 18.1. The number of ketones is 1. The molecule has 0 spiro atoms. The third-order valence-electron chi connectivity index (χ3n) is 4.44. The van der Waals surface area contributed by atoms with E-state index in [1.807, 2.05) is 0 Å². The van der Waals surface area contributed by atoms with Gasteiger partial charge in [0.1, 0.15) is 5.82 Å². The van der Waals surface area contributed by atoms with Gasteiger partial charge >= 0.3 is 0 Å². The molecule has 2 heterocycles. The number of carbonyl (C=O) groups excluding carboxylic acids is 1. The van der Waals surface area contributed by atoms with Crippen molar-refractivity contribution in [2.24, 2.45) is 5.92 Å². The smallest absolute Gasteiger partial charge is 0.277 e. The molecule has 2 aromatic heterocycles. The lowest BCUT2D eigenvalue weighted by Crippen LogP contribution is -2.07. The number of rotatable bonds is 5. The molecule has 4 rings (SSSR count). The van der Waals surface area contributed by atoms with Gasteiger partial charge in [0.25, 0.3) is 11.1 Å². The summed E-state index contributed by atoms with van der Waals surface area (Å²) in [5.74, 6) is 0.940. The van der Waals surface area contributed by atoms with E-state index < -0.39 is 0 Å². The van der Waals surface area contributed by atoms with Crippen LogP contribution in [0, 0.1) is 11.7 Å². The Labute approximate surface area is 158 Å². The van der Waals surface area contributed by atoms with Crippen molar-refractivity contribution in [1.29, 1.82) is 0 Å². The number of benzene rings is 1. The van der Waals surface area contributed by atoms with Crippen molar-refractivity contribution in [3.05, 3.63) is 52.2 Å². The second-order valence-corrected chi connectivity index (χ2v) is 8.56. The number of carbonyl (C=O) groups is 1. The molecular formula is C19H17FN2O2S2. The second kappa shape index (κ2) is 7.32. The summed E-state index contributed by atoms with van der Waals surface area (Å²) in [6.07, 6.45) is 3.44. The predicted octanol–water partition coefficient (Wildman–Crippen LogP) is 5.04. The van der Waals surface area contributed by atoms with Crippen molar-refractivity contribution >= 4 is 28.9 Å². The molecule has 26 heavy (non-hydrogen) atoms. The van der Waals surface area contributed by atoms with E-state index in [-0.39, 0.29) is 17.4 Å². The number of thioether (sulfide) groups is 1. The number of fused-ring (bicyclic) bond motifs is 1. The molecule has 134 valence electrons. The number of hydrogen-bond acceptors (Lipinski definition) is 6. The molecule has 0 bridgehead atoms. The van der Waals surface area contributed by atoms with Crippen LogP contribution in [0.2, 0.25) is 0 Å². The second-order valence-electron chi connectivity index (χ2n) is 6.50. The van der Waals surface area contributed by atoms with Crippen LogP contribution < -0.4 is 0 Å². The third kappa shape index (κ3) is 3.73. The van der Waals surface area contributed by atoms with E-state index >= 15 is 0 Å². The molecule has 0 aliphatic heterocycles. The van der Waals surface area contributed by atoms with Gasteiger partial charge in [-0.2, -0.15) is 0 Å². The number of aromatic nitrogens is 2. The van der Waals surface area contributed by atoms with E-state index in [4.69, 9.17) is 4.42 Å². The molecule has 0 saturated heterocycles. The van der Waals surface area contributed by atoms with E-state index in [1.165, 1.54) is 52.9 Å². The lowest BCUT2D eigenvalue weighted by atomic mass is 9.90. The van der Waals surface area contributed by atoms with Crippen molar-refractivity contribution in [1.82, 2.24) is 10.2 Å². The zero-order valence-corrected chi connectivity index (χ0v) is 15.8. The van der Waals surface area contributed by atoms with Crippen molar-refractivity contribution < 1.29 is 13.6 Å². The molecule has 0 saturated carbocycles. The van der Waals surface area contributed by atoms with Crippen LogP contribution in [0.4, 0.5) is 4.39 Å². The van der Waals surface area contributed by atoms with E-state index in [2.05, 4.69) is 23.2 Å². The maximum Gasteiger partial charge on any atom is 0.277 e. The molecule has 4 nitrogen and oxygen atoms in total. The van der Waals surface area contributed by atoms with Crippen LogP contribution in [-0.2, 0) is 12.8 Å². The Morgan fingerprint density at radius 3 is 2.96 bits per heavy atom. The highest BCUT2D eigenvalue weighted by Gasteiger charge is 2.21. The summed E-state index contributed by atoms with van der Waals surface area (Å²) in [7, 11) is 0. The van der Waals surface area contributed by atoms with E-state index in [1.54, 1.807) is 11.3 Å². The topological polar surface area (TPSA) is 56.0 Å². The zero-order valence-electron chi connectivity index (χ0n) is 14.2. The first-order valence-electron chi connectivity index (χ1n) is 8.45. The molecule has 0 radical (unpaired) electrons. The summed E-state index contributed by atoms with van der Waals surface area (Å²) < 4.78 is 18.6. The molecule has 0 N–H and O–H groups in total. The van der Waals surface area contributed by atoms with Crippen LogP contribution in [-0.4, -0.2) is 21.7 Å². The van der Waals surface area contributed by atoms with Gasteiger partial charge in [0.2, 0.25) is 0 Å². The van der Waals surface area contributed by atoms with Gasteiger partial charge in [0.05, 0.1) is 10.6 Å². The first-order valence-corrected chi connectivity index (χ1v) is 10.3. The van der Waals surface area contributed by atoms with E-state index in [0.717, 1.165) is 23.6 Å². The standard InChI is InChI=1S/C19H17FN2O2S2/c1-11-2-7-16-13(8-11)9-17(26-16)18-21-22-19(24-18)25-10-15(23)12-3-5-14(20)6-4-12/h3-6,9,11H,2,7-8,10H2,1H3/t11-/m0/s1. The third-order valence-corrected chi connectivity index (χ3v) is 6.48. The highest BCUT2D eigenvalue weighted by atomic mass is 32.2. The minimum Gasteiger partial charge on any atom is -0.410 e. The Balaban J connectivity index is 1.42. The summed E-state index contributed by atoms with van der Waals surface area (Å²) in [4.78, 5) is 14.5. The average molecular weight is 388 g/mol. The fraction of sp³-hybridized carbons (Fsp3) is 0.316. The van der Waals surface area contributed by atoms with Crippen molar-refractivity contribution in [2.45, 2.75) is 31.4 Å². The fourth-order valence-corrected chi connectivity index (χ4v) is 4.81. The van der Waals surface area contributed by atoms with Crippen LogP contribution in [0.5, 0.6) is 0 Å². The molecule has 3 aromatic rings. The van der Waals surface area contributed by atoms with E-state index in [9.17, 15) is 9.18 Å². The Kier molecular flexibility index (Phi) is 4.91. The molecular weight excluding hydrogens is 371 g/mol. The maximum absolute atomic E-state index is 12.9. The van der Waals surface area contributed by atoms with Gasteiger partial charge in [-0.25, -0.2) is 4.39 Å². The number of Topliss-reactive ketones (excluding diaryl/α,β-unsaturated/α-hetero) is 1. The number of nitrogens with zero attached hydrogens (tertiary/aromatic N) is 2. The highest BCUT2D eigenvalue weighted by Crippen LogP contribution is 2.37. The number of aryl methyl sites for hydroxylation is 1. The lowest BCUT2D eigenvalue weighted by molar-refractivity contribution is 0.102. The number of halogens is 1. The SMILES string of the molecule is C[C@H]1CCc2sc(-c3nnc(SCC(=O)c4ccc(F)cc4)o3)cc2C1. The Bertz CT molecular complexity index is 933. The van der Waals surface area contributed by atoms with Gasteiger partial charge in [0, 0.05) is 10.4 Å². The van der Waals surface area contributed by atoms with Crippen molar-refractivity contribution in [2.75, 3.05) is 5.75 Å². The maximum atomic E-state index is 12.9. The minimum atomic E-state index is -0.358. The van der Waals surface area contributed by atoms with Crippen LogP contribution in [0.25, 0.3) is 10.8 Å². The summed E-state index contributed by atoms with van der Waals surface area (Å²) >= 11 is 2.92. The molecule has 0 unspecified atom stereocenters. The first kappa shape index (κ1) is 17.4. The van der Waals surface area contributed by atoms with E-state index in [0.29, 0.717) is 16.7 Å². The quantitative estimate of drug-likeness (QED) is 0.453. The van der Waals surface area contributed by atoms with Crippen LogP contribution >= 0.6 is 23.1 Å². The van der Waals surface area contributed by atoms with Gasteiger partial charge in [-0.1, -0.05) is 18.7 Å². The lowest BCUT2D eigenvalue weighted by Gasteiger charge is -2.16. The Morgan fingerprint density at radius 1 is 1.35 bits per heavy atom. The number of hydrogen-bond donors (Lipinski definition) is 0. The fourth-order valence-electron chi connectivity index (χ4n) is 3.03. The van der Waals surface area contributed by atoms with Gasteiger partial charge in [-0.05, 0) is 61.1 Å². The molecule has 0 amide bonds. The summed E-state index contributed by atoms with van der Waals surface area (Å²) in [6, 6.07) is 7.68. The summed E-state index contributed by atoms with van der Waals surface area (Å²) in [6.45, 7) is 2.28. The average Bonchev–Trinajstić information content (AvgIpc) is 3.26. The Hall–Kier alpha value is -1.99. The molecule has 1 aliphatic rings. The molecule has 7 heteroatoms. The normalized spacial score (nSPS) is 16.5. The van der Waals surface area contributed by atoms with Gasteiger partial charge in [-0.3, -0.25) is 4.79 Å². The minimum absolute atomic E-state index is 0.102. The predicted molar refractivity (Wildman–Crippen MR) is 100 cm³/mol. The Morgan fingerprint density at radius 2 is 2.15 bits per heavy atom. The monoisotopic (exact) mass is 388 g/mol. The largest absolute Gasteiger partial charge is 0.410 e. The molecule has 1 atom stereocenters. The van der Waals surface area contributed by atoms with Crippen LogP contribution in [0.3, 0.4) is 0 Å². The van der Waals surface area contributed by atoms with Crippen LogP contribution in [0.15, 0.2) is 40.0 Å². The highest BCUT2D eigenvalue weighted by molar-refractivity contribution is 7.99. The van der Waals surface area contributed by atoms with Gasteiger partial charge < -0.3 is 4.42 Å². The number of thiophene rings is 1. The van der Waals surface area contributed by atoms with Crippen molar-refractivity contribution in [3.8, 4) is 10.8 Å². The van der Waals surface area contributed by atoms with Crippen LogP contribution in [0.1, 0.15) is 34.1 Å². The van der Waals surface area contributed by atoms with Gasteiger partial charge in [0.15, 0.2) is 5.78 Å². The molecule has 1 aromatic carbocycles. The van der Waals surface area contributed by atoms with Gasteiger partial charge in [-0.15, -0.1) is 21.5 Å². The van der Waals surface area contributed by atoms with Crippen molar-refractivity contribution in [3.63, 3.8) is 0 Å². The molecule has 1 aliphatic carbocycles.